The molecule has 0 aromatic rings. The van der Waals surface area contributed by atoms with Crippen molar-refractivity contribution in [3.8, 4) is 0 Å². The number of aliphatic hydroxyl groups excluding tert-OH is 1. The molecule has 1 aliphatic heterocycles. The standard InChI is InChI=1S/C12H18O7/c1-6(13)17-4-8-3-9(15)10-11(19-10)12(8,16)5-18-7(2)14/h8-11,15-16H,3-5H2,1-2H3/t8-,9+,10+,11+,12-/m1/s1. The fourth-order valence-electron chi connectivity index (χ4n) is 2.53. The van der Waals surface area contributed by atoms with Crippen LogP contribution in [0.5, 0.6) is 0 Å². The minimum atomic E-state index is -1.43. The summed E-state index contributed by atoms with van der Waals surface area (Å²) in [6, 6.07) is 0. The second kappa shape index (κ2) is 5.07. The number of aliphatic hydroxyl groups is 2. The van der Waals surface area contributed by atoms with Crippen LogP contribution in [0.3, 0.4) is 0 Å². The molecular formula is C12H18O7. The van der Waals surface area contributed by atoms with Crippen molar-refractivity contribution < 1.29 is 34.0 Å². The molecule has 0 spiro atoms. The van der Waals surface area contributed by atoms with Crippen molar-refractivity contribution >= 4 is 11.9 Å². The smallest absolute Gasteiger partial charge is 0.302 e. The number of fused-ring (bicyclic) bond motifs is 1. The van der Waals surface area contributed by atoms with Gasteiger partial charge in [0.2, 0.25) is 0 Å². The molecule has 0 bridgehead atoms. The normalized spacial score (nSPS) is 40.2. The summed E-state index contributed by atoms with van der Waals surface area (Å²) in [5, 5.41) is 20.4. The predicted octanol–water partition coefficient (Wildman–Crippen LogP) is -1.01. The first-order chi connectivity index (χ1) is 8.84. The predicted molar refractivity (Wildman–Crippen MR) is 61.0 cm³/mol. The van der Waals surface area contributed by atoms with E-state index in [1.54, 1.807) is 0 Å². The summed E-state index contributed by atoms with van der Waals surface area (Å²) in [5.74, 6) is -1.51. The van der Waals surface area contributed by atoms with Crippen molar-refractivity contribution in [2.45, 2.75) is 44.2 Å². The molecule has 1 saturated heterocycles. The minimum absolute atomic E-state index is 0.0449. The summed E-state index contributed by atoms with van der Waals surface area (Å²) >= 11 is 0. The third kappa shape index (κ3) is 2.88. The summed E-state index contributed by atoms with van der Waals surface area (Å²) in [5.41, 5.74) is -1.43. The van der Waals surface area contributed by atoms with Gasteiger partial charge in [-0.3, -0.25) is 9.59 Å². The van der Waals surface area contributed by atoms with Crippen LogP contribution in [0, 0.1) is 5.92 Å². The van der Waals surface area contributed by atoms with Gasteiger partial charge in [0.25, 0.3) is 0 Å². The Labute approximate surface area is 110 Å². The van der Waals surface area contributed by atoms with Gasteiger partial charge in [0.15, 0.2) is 0 Å². The van der Waals surface area contributed by atoms with Crippen molar-refractivity contribution in [3.63, 3.8) is 0 Å². The lowest BCUT2D eigenvalue weighted by atomic mass is 9.75. The van der Waals surface area contributed by atoms with E-state index in [0.29, 0.717) is 0 Å². The minimum Gasteiger partial charge on any atom is -0.465 e. The summed E-state index contributed by atoms with van der Waals surface area (Å²) in [6.07, 6.45) is -1.50. The first kappa shape index (κ1) is 14.2. The number of ether oxygens (including phenoxy) is 3. The van der Waals surface area contributed by atoms with Gasteiger partial charge in [-0.1, -0.05) is 0 Å². The molecule has 2 aliphatic rings. The Bertz CT molecular complexity index is 382. The lowest BCUT2D eigenvalue weighted by Gasteiger charge is -2.38. The summed E-state index contributed by atoms with van der Waals surface area (Å²) in [6.45, 7) is 2.23. The average Bonchev–Trinajstić information content (AvgIpc) is 3.10. The van der Waals surface area contributed by atoms with E-state index >= 15 is 0 Å². The van der Waals surface area contributed by atoms with Crippen molar-refractivity contribution in [1.29, 1.82) is 0 Å². The molecule has 1 aliphatic carbocycles. The van der Waals surface area contributed by atoms with Gasteiger partial charge < -0.3 is 24.4 Å². The van der Waals surface area contributed by atoms with Gasteiger partial charge >= 0.3 is 11.9 Å². The van der Waals surface area contributed by atoms with Crippen LogP contribution in [0.15, 0.2) is 0 Å². The fraction of sp³-hybridized carbons (Fsp3) is 0.833. The first-order valence-electron chi connectivity index (χ1n) is 6.17. The third-order valence-corrected chi connectivity index (χ3v) is 3.62. The molecule has 19 heavy (non-hydrogen) atoms. The molecule has 2 rings (SSSR count). The van der Waals surface area contributed by atoms with Crippen LogP contribution >= 0.6 is 0 Å². The highest BCUT2D eigenvalue weighted by atomic mass is 16.6. The molecule has 0 radical (unpaired) electrons. The molecule has 0 aromatic heterocycles. The molecular weight excluding hydrogens is 256 g/mol. The largest absolute Gasteiger partial charge is 0.465 e. The van der Waals surface area contributed by atoms with Crippen molar-refractivity contribution in [2.24, 2.45) is 5.92 Å². The van der Waals surface area contributed by atoms with Gasteiger partial charge in [0.1, 0.15) is 24.4 Å². The Morgan fingerprint density at radius 3 is 2.53 bits per heavy atom. The van der Waals surface area contributed by atoms with Gasteiger partial charge in [0, 0.05) is 19.8 Å². The van der Waals surface area contributed by atoms with E-state index in [9.17, 15) is 19.8 Å². The molecule has 1 saturated carbocycles. The van der Waals surface area contributed by atoms with E-state index in [2.05, 4.69) is 0 Å². The van der Waals surface area contributed by atoms with Crippen LogP contribution in [-0.2, 0) is 23.8 Å². The molecule has 2 N–H and O–H groups in total. The molecule has 1 heterocycles. The molecule has 7 nitrogen and oxygen atoms in total. The highest BCUT2D eigenvalue weighted by Gasteiger charge is 2.65. The number of epoxide rings is 1. The van der Waals surface area contributed by atoms with E-state index in [1.807, 2.05) is 0 Å². The second-order valence-corrected chi connectivity index (χ2v) is 5.10. The second-order valence-electron chi connectivity index (χ2n) is 5.10. The molecule has 108 valence electrons. The number of carbonyl (C=O) groups excluding carboxylic acids is 2. The Hall–Kier alpha value is -1.18. The van der Waals surface area contributed by atoms with E-state index in [1.165, 1.54) is 13.8 Å². The molecule has 5 atom stereocenters. The van der Waals surface area contributed by atoms with E-state index in [0.717, 1.165) is 0 Å². The summed E-state index contributed by atoms with van der Waals surface area (Å²) in [4.78, 5) is 21.7. The summed E-state index contributed by atoms with van der Waals surface area (Å²) in [7, 11) is 0. The number of hydrogen-bond donors (Lipinski definition) is 2. The zero-order valence-corrected chi connectivity index (χ0v) is 10.9. The Balaban J connectivity index is 2.06. The quantitative estimate of drug-likeness (QED) is 0.500. The fourth-order valence-corrected chi connectivity index (χ4v) is 2.53. The number of carbonyl (C=O) groups is 2. The third-order valence-electron chi connectivity index (χ3n) is 3.62. The van der Waals surface area contributed by atoms with Crippen molar-refractivity contribution in [3.05, 3.63) is 0 Å². The maximum Gasteiger partial charge on any atom is 0.302 e. The Morgan fingerprint density at radius 2 is 1.95 bits per heavy atom. The molecule has 0 unspecified atom stereocenters. The van der Waals surface area contributed by atoms with Crippen LogP contribution in [0.25, 0.3) is 0 Å². The summed E-state index contributed by atoms with van der Waals surface area (Å²) < 4.78 is 15.0. The number of hydrogen-bond acceptors (Lipinski definition) is 7. The van der Waals surface area contributed by atoms with Gasteiger partial charge in [-0.2, -0.15) is 0 Å². The maximum absolute atomic E-state index is 10.9. The Morgan fingerprint density at radius 1 is 1.32 bits per heavy atom. The maximum atomic E-state index is 10.9. The molecule has 0 amide bonds. The van der Waals surface area contributed by atoms with E-state index in [4.69, 9.17) is 14.2 Å². The highest BCUT2D eigenvalue weighted by Crippen LogP contribution is 2.47. The van der Waals surface area contributed by atoms with Crippen LogP contribution < -0.4 is 0 Å². The van der Waals surface area contributed by atoms with Gasteiger partial charge in [-0.05, 0) is 6.42 Å². The lowest BCUT2D eigenvalue weighted by Crippen LogP contribution is -2.55. The molecule has 7 heteroatoms. The van der Waals surface area contributed by atoms with E-state index in [-0.39, 0.29) is 19.6 Å². The molecule has 2 fully saturated rings. The van der Waals surface area contributed by atoms with Gasteiger partial charge in [-0.25, -0.2) is 0 Å². The lowest BCUT2D eigenvalue weighted by molar-refractivity contribution is -0.167. The number of esters is 2. The van der Waals surface area contributed by atoms with Crippen molar-refractivity contribution in [2.75, 3.05) is 13.2 Å². The number of rotatable bonds is 4. The Kier molecular flexibility index (Phi) is 3.80. The van der Waals surface area contributed by atoms with Crippen LogP contribution in [-0.4, -0.2) is 59.3 Å². The average molecular weight is 274 g/mol. The zero-order valence-electron chi connectivity index (χ0n) is 10.9. The molecule has 0 aromatic carbocycles. The van der Waals surface area contributed by atoms with Crippen LogP contribution in [0.2, 0.25) is 0 Å². The van der Waals surface area contributed by atoms with Gasteiger partial charge in [-0.15, -0.1) is 0 Å². The SMILES string of the molecule is CC(=O)OC[C@H]1C[C@H](O)[C@@H]2O[C@@H]2[C@@]1(O)COC(C)=O. The van der Waals surface area contributed by atoms with Gasteiger partial charge in [0.05, 0.1) is 12.7 Å². The first-order valence-corrected chi connectivity index (χ1v) is 6.17. The topological polar surface area (TPSA) is 106 Å². The van der Waals surface area contributed by atoms with Crippen LogP contribution in [0.1, 0.15) is 20.3 Å². The highest BCUT2D eigenvalue weighted by molar-refractivity contribution is 5.66. The van der Waals surface area contributed by atoms with Crippen molar-refractivity contribution in [1.82, 2.24) is 0 Å². The zero-order chi connectivity index (χ0) is 14.2. The monoisotopic (exact) mass is 274 g/mol. The van der Waals surface area contributed by atoms with Crippen LogP contribution in [0.4, 0.5) is 0 Å². The van der Waals surface area contributed by atoms with E-state index < -0.39 is 41.8 Å².